The fraction of sp³-hybridized carbons (Fsp3) is 0.200. The van der Waals surface area contributed by atoms with E-state index in [1.807, 2.05) is 24.3 Å². The largest absolute Gasteiger partial charge is 0.487 e. The quantitative estimate of drug-likeness (QED) is 0.620. The summed E-state index contributed by atoms with van der Waals surface area (Å²) in [6.45, 7) is 2.68. The Labute approximate surface area is 131 Å². The highest BCUT2D eigenvalue weighted by Crippen LogP contribution is 2.35. The van der Waals surface area contributed by atoms with E-state index in [0.29, 0.717) is 18.8 Å². The summed E-state index contributed by atoms with van der Waals surface area (Å²) in [5.74, 6) is 0.279. The minimum Gasteiger partial charge on any atom is -0.487 e. The lowest BCUT2D eigenvalue weighted by Crippen LogP contribution is -2.05. The van der Waals surface area contributed by atoms with Gasteiger partial charge in [-0.05, 0) is 36.8 Å². The molecule has 0 spiro atoms. The molecule has 0 radical (unpaired) electrons. The summed E-state index contributed by atoms with van der Waals surface area (Å²) in [5, 5.41) is 14.4. The van der Waals surface area contributed by atoms with Crippen LogP contribution in [0.1, 0.15) is 12.5 Å². The van der Waals surface area contributed by atoms with Crippen LogP contribution in [0.25, 0.3) is 0 Å². The summed E-state index contributed by atoms with van der Waals surface area (Å²) in [7, 11) is 0. The number of para-hydroxylation sites is 1. The Hall–Kier alpha value is -2.08. The van der Waals surface area contributed by atoms with Gasteiger partial charge < -0.3 is 10.1 Å². The van der Waals surface area contributed by atoms with Crippen molar-refractivity contribution in [3.05, 3.63) is 62.6 Å². The van der Waals surface area contributed by atoms with Crippen LogP contribution in [0.3, 0.4) is 0 Å². The number of nitrogens with one attached hydrogen (secondary N) is 1. The molecule has 0 bridgehead atoms. The van der Waals surface area contributed by atoms with Crippen molar-refractivity contribution < 1.29 is 9.66 Å². The zero-order valence-electron chi connectivity index (χ0n) is 11.5. The van der Waals surface area contributed by atoms with Crippen molar-refractivity contribution >= 4 is 27.3 Å². The highest BCUT2D eigenvalue weighted by Gasteiger charge is 2.20. The van der Waals surface area contributed by atoms with Crippen molar-refractivity contribution in [1.82, 2.24) is 0 Å². The number of hydrogen-bond donors (Lipinski definition) is 1. The van der Waals surface area contributed by atoms with Gasteiger partial charge in [0.1, 0.15) is 5.69 Å². The Bertz CT molecular complexity index is 647. The Morgan fingerprint density at radius 1 is 1.29 bits per heavy atom. The number of anilines is 1. The van der Waals surface area contributed by atoms with Gasteiger partial charge in [0.05, 0.1) is 11.5 Å². The molecule has 0 amide bonds. The number of halogens is 1. The smallest absolute Gasteiger partial charge is 0.333 e. The van der Waals surface area contributed by atoms with Gasteiger partial charge in [-0.2, -0.15) is 0 Å². The number of hydrogen-bond acceptors (Lipinski definition) is 4. The summed E-state index contributed by atoms with van der Waals surface area (Å²) >= 11 is 3.40. The van der Waals surface area contributed by atoms with E-state index in [1.54, 1.807) is 25.1 Å². The molecule has 21 heavy (non-hydrogen) atoms. The second kappa shape index (κ2) is 7.08. The van der Waals surface area contributed by atoms with Crippen molar-refractivity contribution in [2.75, 3.05) is 11.9 Å². The van der Waals surface area contributed by atoms with Gasteiger partial charge in [0.15, 0.2) is 5.75 Å². The van der Waals surface area contributed by atoms with Gasteiger partial charge in [0.2, 0.25) is 0 Å². The van der Waals surface area contributed by atoms with Gasteiger partial charge in [0, 0.05) is 11.0 Å². The maximum absolute atomic E-state index is 11.3. The number of nitro groups is 1. The first-order valence-electron chi connectivity index (χ1n) is 6.50. The number of nitrogens with zero attached hydrogens (tertiary/aromatic N) is 1. The molecule has 0 aromatic heterocycles. The van der Waals surface area contributed by atoms with Crippen molar-refractivity contribution in [1.29, 1.82) is 0 Å². The monoisotopic (exact) mass is 350 g/mol. The fourth-order valence-electron chi connectivity index (χ4n) is 1.97. The number of benzene rings is 2. The van der Waals surface area contributed by atoms with Crippen LogP contribution in [0, 0.1) is 10.1 Å². The number of rotatable bonds is 6. The van der Waals surface area contributed by atoms with Crippen LogP contribution < -0.4 is 10.1 Å². The Morgan fingerprint density at radius 3 is 2.71 bits per heavy atom. The van der Waals surface area contributed by atoms with E-state index >= 15 is 0 Å². The van der Waals surface area contributed by atoms with Gasteiger partial charge in [-0.3, -0.25) is 10.1 Å². The molecule has 0 aliphatic carbocycles. The highest BCUT2D eigenvalue weighted by atomic mass is 79.9. The van der Waals surface area contributed by atoms with Gasteiger partial charge in [-0.1, -0.05) is 34.1 Å². The number of ether oxygens (including phenoxy) is 1. The molecule has 0 saturated heterocycles. The van der Waals surface area contributed by atoms with Gasteiger partial charge in [-0.15, -0.1) is 0 Å². The molecular formula is C15H15BrN2O3. The first-order chi connectivity index (χ1) is 10.1. The lowest BCUT2D eigenvalue weighted by molar-refractivity contribution is -0.384. The van der Waals surface area contributed by atoms with Crippen LogP contribution in [0.4, 0.5) is 11.4 Å². The van der Waals surface area contributed by atoms with Crippen LogP contribution in [-0.2, 0) is 6.54 Å². The zero-order chi connectivity index (χ0) is 15.2. The second-order valence-electron chi connectivity index (χ2n) is 4.33. The van der Waals surface area contributed by atoms with Crippen LogP contribution in [0.15, 0.2) is 46.9 Å². The molecule has 0 saturated carbocycles. The normalized spacial score (nSPS) is 10.2. The Morgan fingerprint density at radius 2 is 2.05 bits per heavy atom. The average molecular weight is 351 g/mol. The molecule has 1 N–H and O–H groups in total. The third-order valence-electron chi connectivity index (χ3n) is 2.85. The molecular weight excluding hydrogens is 336 g/mol. The Kier molecular flexibility index (Phi) is 5.16. The minimum absolute atomic E-state index is 0.0330. The molecule has 2 rings (SSSR count). The lowest BCUT2D eigenvalue weighted by atomic mass is 10.2. The SMILES string of the molecule is CCOc1cccc(NCc2cccc(Br)c2)c1[N+](=O)[O-]. The molecule has 0 fully saturated rings. The van der Waals surface area contributed by atoms with E-state index in [2.05, 4.69) is 21.2 Å². The average Bonchev–Trinajstić information content (AvgIpc) is 2.45. The molecule has 6 heteroatoms. The van der Waals surface area contributed by atoms with Crippen LogP contribution >= 0.6 is 15.9 Å². The molecule has 0 unspecified atom stereocenters. The van der Waals surface area contributed by atoms with Crippen molar-refractivity contribution in [2.45, 2.75) is 13.5 Å². The highest BCUT2D eigenvalue weighted by molar-refractivity contribution is 9.10. The number of nitro benzene ring substituents is 1. The third-order valence-corrected chi connectivity index (χ3v) is 3.35. The predicted molar refractivity (Wildman–Crippen MR) is 85.7 cm³/mol. The molecule has 0 heterocycles. The molecule has 0 aliphatic rings. The van der Waals surface area contributed by atoms with E-state index in [0.717, 1.165) is 10.0 Å². The zero-order valence-corrected chi connectivity index (χ0v) is 13.1. The molecule has 110 valence electrons. The fourth-order valence-corrected chi connectivity index (χ4v) is 2.42. The van der Waals surface area contributed by atoms with E-state index < -0.39 is 4.92 Å². The van der Waals surface area contributed by atoms with Crippen LogP contribution in [-0.4, -0.2) is 11.5 Å². The summed E-state index contributed by atoms with van der Waals surface area (Å²) in [6.07, 6.45) is 0. The molecule has 2 aromatic rings. The summed E-state index contributed by atoms with van der Waals surface area (Å²) in [5.41, 5.74) is 1.45. The first kappa shape index (κ1) is 15.3. The topological polar surface area (TPSA) is 64.4 Å². The maximum Gasteiger partial charge on any atom is 0.333 e. The summed E-state index contributed by atoms with van der Waals surface area (Å²) in [6, 6.07) is 12.8. The van der Waals surface area contributed by atoms with E-state index in [1.165, 1.54) is 0 Å². The summed E-state index contributed by atoms with van der Waals surface area (Å²) < 4.78 is 6.29. The predicted octanol–water partition coefficient (Wildman–Crippen LogP) is 4.37. The van der Waals surface area contributed by atoms with E-state index in [4.69, 9.17) is 4.74 Å². The molecule has 0 atom stereocenters. The molecule has 2 aromatic carbocycles. The van der Waals surface area contributed by atoms with Crippen molar-refractivity contribution in [2.24, 2.45) is 0 Å². The minimum atomic E-state index is -0.422. The van der Waals surface area contributed by atoms with Crippen molar-refractivity contribution in [3.63, 3.8) is 0 Å². The van der Waals surface area contributed by atoms with E-state index in [9.17, 15) is 10.1 Å². The van der Waals surface area contributed by atoms with E-state index in [-0.39, 0.29) is 11.4 Å². The van der Waals surface area contributed by atoms with Gasteiger partial charge >= 0.3 is 5.69 Å². The van der Waals surface area contributed by atoms with Gasteiger partial charge in [-0.25, -0.2) is 0 Å². The first-order valence-corrected chi connectivity index (χ1v) is 7.29. The van der Waals surface area contributed by atoms with Crippen molar-refractivity contribution in [3.8, 4) is 5.75 Å². The third kappa shape index (κ3) is 3.95. The molecule has 0 aliphatic heterocycles. The molecule has 5 nitrogen and oxygen atoms in total. The second-order valence-corrected chi connectivity index (χ2v) is 5.24. The van der Waals surface area contributed by atoms with Gasteiger partial charge in [0.25, 0.3) is 0 Å². The summed E-state index contributed by atoms with van der Waals surface area (Å²) in [4.78, 5) is 10.8. The van der Waals surface area contributed by atoms with Crippen LogP contribution in [0.5, 0.6) is 5.75 Å². The maximum atomic E-state index is 11.3. The Balaban J connectivity index is 2.23. The lowest BCUT2D eigenvalue weighted by Gasteiger charge is -2.10. The standard InChI is InChI=1S/C15H15BrN2O3/c1-2-21-14-8-4-7-13(15(14)18(19)20)17-10-11-5-3-6-12(16)9-11/h3-9,17H,2,10H2,1H3. The van der Waals surface area contributed by atoms with Crippen LogP contribution in [0.2, 0.25) is 0 Å².